The van der Waals surface area contributed by atoms with Gasteiger partial charge in [-0.25, -0.2) is 4.79 Å². The largest absolute Gasteiger partial charge is 0.478 e. The molecular formula is C14H17F3N2O2. The van der Waals surface area contributed by atoms with E-state index in [1.54, 1.807) is 12.1 Å². The Morgan fingerprint density at radius 2 is 1.57 bits per heavy atom. The summed E-state index contributed by atoms with van der Waals surface area (Å²) in [6.45, 7) is 1.72. The number of benzene rings is 1. The van der Waals surface area contributed by atoms with Gasteiger partial charge in [0.2, 0.25) is 0 Å². The molecule has 0 spiro atoms. The maximum absolute atomic E-state index is 12.3. The summed E-state index contributed by atoms with van der Waals surface area (Å²) in [6.07, 6.45) is -4.14. The minimum absolute atomic E-state index is 0.230. The number of alkyl halides is 3. The van der Waals surface area contributed by atoms with E-state index in [0.717, 1.165) is 5.56 Å². The molecule has 1 saturated heterocycles. The van der Waals surface area contributed by atoms with Gasteiger partial charge in [0.1, 0.15) is 0 Å². The van der Waals surface area contributed by atoms with E-state index in [0.29, 0.717) is 32.7 Å². The van der Waals surface area contributed by atoms with Crippen LogP contribution in [0.15, 0.2) is 24.3 Å². The van der Waals surface area contributed by atoms with Gasteiger partial charge in [0.05, 0.1) is 12.1 Å². The lowest BCUT2D eigenvalue weighted by Gasteiger charge is -2.35. The van der Waals surface area contributed by atoms with Gasteiger partial charge >= 0.3 is 12.1 Å². The summed E-state index contributed by atoms with van der Waals surface area (Å²) in [7, 11) is 0. The minimum atomic E-state index is -4.14. The minimum Gasteiger partial charge on any atom is -0.478 e. The molecule has 1 aliphatic heterocycles. The molecule has 0 unspecified atom stereocenters. The highest BCUT2D eigenvalue weighted by Gasteiger charge is 2.32. The first-order valence-electron chi connectivity index (χ1n) is 6.67. The number of nitrogens with zero attached hydrogens (tertiary/aromatic N) is 2. The van der Waals surface area contributed by atoms with Crippen LogP contribution in [-0.2, 0) is 6.54 Å². The van der Waals surface area contributed by atoms with E-state index in [2.05, 4.69) is 4.90 Å². The first-order chi connectivity index (χ1) is 9.83. The second-order valence-electron chi connectivity index (χ2n) is 5.17. The predicted molar refractivity (Wildman–Crippen MR) is 71.2 cm³/mol. The van der Waals surface area contributed by atoms with Crippen molar-refractivity contribution in [2.24, 2.45) is 0 Å². The van der Waals surface area contributed by atoms with Crippen molar-refractivity contribution in [1.29, 1.82) is 0 Å². The molecule has 0 radical (unpaired) electrons. The number of aromatic carboxylic acids is 1. The van der Waals surface area contributed by atoms with Crippen LogP contribution in [0.25, 0.3) is 0 Å². The lowest BCUT2D eigenvalue weighted by atomic mass is 10.1. The van der Waals surface area contributed by atoms with E-state index in [1.165, 1.54) is 17.0 Å². The normalized spacial score (nSPS) is 17.9. The number of hydrogen-bond donors (Lipinski definition) is 1. The Hall–Kier alpha value is -1.60. The van der Waals surface area contributed by atoms with Crippen LogP contribution < -0.4 is 0 Å². The van der Waals surface area contributed by atoms with E-state index in [4.69, 9.17) is 5.11 Å². The number of carboxylic acid groups (broad SMARTS) is 1. The predicted octanol–water partition coefficient (Wildman–Crippen LogP) is 2.06. The van der Waals surface area contributed by atoms with Crippen molar-refractivity contribution in [2.75, 3.05) is 32.7 Å². The van der Waals surface area contributed by atoms with Crippen molar-refractivity contribution >= 4 is 5.97 Å². The van der Waals surface area contributed by atoms with Crippen LogP contribution >= 0.6 is 0 Å². The standard InChI is InChI=1S/C14H17F3N2O2/c15-14(16,17)10-19-7-5-18(6-8-19)9-11-1-3-12(4-2-11)13(20)21/h1-4H,5-10H2,(H,20,21). The van der Waals surface area contributed by atoms with Gasteiger partial charge in [-0.1, -0.05) is 12.1 Å². The zero-order valence-electron chi connectivity index (χ0n) is 11.4. The highest BCUT2D eigenvalue weighted by molar-refractivity contribution is 5.87. The number of carboxylic acids is 1. The van der Waals surface area contributed by atoms with Crippen molar-refractivity contribution in [2.45, 2.75) is 12.7 Å². The maximum atomic E-state index is 12.3. The topological polar surface area (TPSA) is 43.8 Å². The second kappa shape index (κ2) is 6.44. The van der Waals surface area contributed by atoms with Crippen LogP contribution in [0, 0.1) is 0 Å². The molecule has 0 bridgehead atoms. The SMILES string of the molecule is O=C(O)c1ccc(CN2CCN(CC(F)(F)F)CC2)cc1. The average molecular weight is 302 g/mol. The highest BCUT2D eigenvalue weighted by Crippen LogP contribution is 2.18. The molecule has 116 valence electrons. The van der Waals surface area contributed by atoms with Crippen LogP contribution in [0.5, 0.6) is 0 Å². The molecule has 21 heavy (non-hydrogen) atoms. The fourth-order valence-corrected chi connectivity index (χ4v) is 2.37. The Morgan fingerprint density at radius 3 is 2.05 bits per heavy atom. The van der Waals surface area contributed by atoms with Crippen molar-refractivity contribution < 1.29 is 23.1 Å². The second-order valence-corrected chi connectivity index (χ2v) is 5.17. The summed E-state index contributed by atoms with van der Waals surface area (Å²) >= 11 is 0. The van der Waals surface area contributed by atoms with Crippen LogP contribution in [0.2, 0.25) is 0 Å². The van der Waals surface area contributed by atoms with Crippen molar-refractivity contribution in [3.05, 3.63) is 35.4 Å². The molecule has 4 nitrogen and oxygen atoms in total. The van der Waals surface area contributed by atoms with Gasteiger partial charge in [-0.3, -0.25) is 9.80 Å². The monoisotopic (exact) mass is 302 g/mol. The third-order valence-electron chi connectivity index (χ3n) is 3.47. The summed E-state index contributed by atoms with van der Waals surface area (Å²) in [6, 6.07) is 6.56. The molecule has 1 heterocycles. The number of hydrogen-bond acceptors (Lipinski definition) is 3. The fraction of sp³-hybridized carbons (Fsp3) is 0.500. The smallest absolute Gasteiger partial charge is 0.401 e. The molecule has 0 aromatic heterocycles. The highest BCUT2D eigenvalue weighted by atomic mass is 19.4. The third-order valence-corrected chi connectivity index (χ3v) is 3.47. The molecule has 0 atom stereocenters. The molecule has 0 amide bonds. The number of halogens is 3. The van der Waals surface area contributed by atoms with Crippen molar-refractivity contribution in [3.63, 3.8) is 0 Å². The van der Waals surface area contributed by atoms with E-state index in [-0.39, 0.29) is 5.56 Å². The first-order valence-corrected chi connectivity index (χ1v) is 6.67. The molecule has 1 N–H and O–H groups in total. The van der Waals surface area contributed by atoms with Gasteiger partial charge in [0.15, 0.2) is 0 Å². The van der Waals surface area contributed by atoms with Crippen molar-refractivity contribution in [3.8, 4) is 0 Å². The molecule has 1 aromatic carbocycles. The zero-order chi connectivity index (χ0) is 15.5. The Kier molecular flexibility index (Phi) is 4.84. The van der Waals surface area contributed by atoms with Gasteiger partial charge < -0.3 is 5.11 Å². The van der Waals surface area contributed by atoms with Gasteiger partial charge in [0.25, 0.3) is 0 Å². The average Bonchev–Trinajstić information content (AvgIpc) is 2.40. The Morgan fingerprint density at radius 1 is 1.05 bits per heavy atom. The Balaban J connectivity index is 1.82. The lowest BCUT2D eigenvalue weighted by Crippen LogP contribution is -2.48. The van der Waals surface area contributed by atoms with E-state index >= 15 is 0 Å². The fourth-order valence-electron chi connectivity index (χ4n) is 2.37. The lowest BCUT2D eigenvalue weighted by molar-refractivity contribution is -0.149. The van der Waals surface area contributed by atoms with E-state index in [9.17, 15) is 18.0 Å². The van der Waals surface area contributed by atoms with Crippen LogP contribution in [0.3, 0.4) is 0 Å². The molecule has 2 rings (SSSR count). The van der Waals surface area contributed by atoms with Crippen LogP contribution in [-0.4, -0.2) is 59.8 Å². The summed E-state index contributed by atoms with van der Waals surface area (Å²) in [5, 5.41) is 8.81. The van der Waals surface area contributed by atoms with E-state index in [1.807, 2.05) is 0 Å². The molecule has 1 fully saturated rings. The van der Waals surface area contributed by atoms with Crippen LogP contribution in [0.4, 0.5) is 13.2 Å². The Bertz CT molecular complexity index is 480. The number of piperazine rings is 1. The quantitative estimate of drug-likeness (QED) is 0.924. The molecule has 0 aliphatic carbocycles. The maximum Gasteiger partial charge on any atom is 0.401 e. The summed E-state index contributed by atoms with van der Waals surface area (Å²) in [5.74, 6) is -0.970. The number of rotatable bonds is 4. The summed E-state index contributed by atoms with van der Waals surface area (Å²) in [4.78, 5) is 14.2. The molecule has 1 aliphatic rings. The molecule has 7 heteroatoms. The third kappa shape index (κ3) is 5.02. The van der Waals surface area contributed by atoms with Gasteiger partial charge in [0, 0.05) is 32.7 Å². The molecule has 0 saturated carbocycles. The summed E-state index contributed by atoms with van der Waals surface area (Å²) < 4.78 is 36.9. The van der Waals surface area contributed by atoms with Gasteiger partial charge in [-0.15, -0.1) is 0 Å². The van der Waals surface area contributed by atoms with Crippen molar-refractivity contribution in [1.82, 2.24) is 9.80 Å². The van der Waals surface area contributed by atoms with Gasteiger partial charge in [-0.05, 0) is 17.7 Å². The summed E-state index contributed by atoms with van der Waals surface area (Å²) in [5.41, 5.74) is 1.19. The molecule has 1 aromatic rings. The van der Waals surface area contributed by atoms with E-state index < -0.39 is 18.7 Å². The van der Waals surface area contributed by atoms with Gasteiger partial charge in [-0.2, -0.15) is 13.2 Å². The molecular weight excluding hydrogens is 285 g/mol. The first kappa shape index (κ1) is 15.8. The Labute approximate surface area is 120 Å². The zero-order valence-corrected chi connectivity index (χ0v) is 11.4. The van der Waals surface area contributed by atoms with Crippen LogP contribution in [0.1, 0.15) is 15.9 Å². The number of carbonyl (C=O) groups is 1.